The second-order valence-corrected chi connectivity index (χ2v) is 5.60. The standard InChI is InChI=1S/C13H25NO2/c1-11-5-8-14-9-12(11)16-10-13(15)6-3-2-4-7-13/h11-12,14-15H,2-10H2,1H3. The Morgan fingerprint density at radius 2 is 2.06 bits per heavy atom. The molecule has 0 aromatic carbocycles. The molecule has 0 amide bonds. The first-order valence-electron chi connectivity index (χ1n) is 6.74. The molecular formula is C13H25NO2. The van der Waals surface area contributed by atoms with Crippen molar-refractivity contribution < 1.29 is 9.84 Å². The Morgan fingerprint density at radius 3 is 2.75 bits per heavy atom. The van der Waals surface area contributed by atoms with Crippen LogP contribution in [0.1, 0.15) is 45.4 Å². The summed E-state index contributed by atoms with van der Waals surface area (Å²) in [6.45, 7) is 4.82. The third kappa shape index (κ3) is 3.19. The number of piperidine rings is 1. The zero-order chi connectivity index (χ0) is 11.4. The average molecular weight is 227 g/mol. The molecule has 2 atom stereocenters. The molecule has 16 heavy (non-hydrogen) atoms. The molecule has 1 aliphatic heterocycles. The third-order valence-electron chi connectivity index (χ3n) is 4.11. The molecule has 94 valence electrons. The first-order chi connectivity index (χ1) is 7.70. The molecule has 2 N–H and O–H groups in total. The maximum absolute atomic E-state index is 10.3. The van der Waals surface area contributed by atoms with E-state index in [1.54, 1.807) is 0 Å². The Balaban J connectivity index is 1.76. The maximum atomic E-state index is 10.3. The maximum Gasteiger partial charge on any atom is 0.0880 e. The van der Waals surface area contributed by atoms with Gasteiger partial charge in [-0.3, -0.25) is 0 Å². The van der Waals surface area contributed by atoms with E-state index in [-0.39, 0.29) is 0 Å². The van der Waals surface area contributed by atoms with Crippen LogP contribution in [-0.4, -0.2) is 36.5 Å². The Hall–Kier alpha value is -0.120. The topological polar surface area (TPSA) is 41.5 Å². The monoisotopic (exact) mass is 227 g/mol. The minimum atomic E-state index is -0.532. The van der Waals surface area contributed by atoms with Crippen LogP contribution in [0.2, 0.25) is 0 Å². The highest BCUT2D eigenvalue weighted by Gasteiger charge is 2.31. The summed E-state index contributed by atoms with van der Waals surface area (Å²) >= 11 is 0. The van der Waals surface area contributed by atoms with Crippen molar-refractivity contribution in [2.24, 2.45) is 5.92 Å². The molecule has 3 nitrogen and oxygen atoms in total. The van der Waals surface area contributed by atoms with Gasteiger partial charge in [-0.2, -0.15) is 0 Å². The predicted molar refractivity (Wildman–Crippen MR) is 64.4 cm³/mol. The van der Waals surface area contributed by atoms with Crippen molar-refractivity contribution in [2.45, 2.75) is 57.2 Å². The molecule has 0 aromatic heterocycles. The summed E-state index contributed by atoms with van der Waals surface area (Å²) in [5, 5.41) is 13.7. The lowest BCUT2D eigenvalue weighted by atomic mass is 9.85. The molecule has 1 saturated heterocycles. The normalized spacial score (nSPS) is 34.9. The molecule has 0 bridgehead atoms. The van der Waals surface area contributed by atoms with E-state index >= 15 is 0 Å². The lowest BCUT2D eigenvalue weighted by Gasteiger charge is -2.36. The Morgan fingerprint density at radius 1 is 1.31 bits per heavy atom. The second-order valence-electron chi connectivity index (χ2n) is 5.60. The fraction of sp³-hybridized carbons (Fsp3) is 1.00. The Labute approximate surface area is 98.6 Å². The van der Waals surface area contributed by atoms with E-state index in [1.165, 1.54) is 12.8 Å². The van der Waals surface area contributed by atoms with Gasteiger partial charge in [0, 0.05) is 6.54 Å². The molecule has 0 aromatic rings. The summed E-state index contributed by atoms with van der Waals surface area (Å²) in [5.41, 5.74) is -0.532. The lowest BCUT2D eigenvalue weighted by molar-refractivity contribution is -0.104. The van der Waals surface area contributed by atoms with Crippen molar-refractivity contribution in [2.75, 3.05) is 19.7 Å². The van der Waals surface area contributed by atoms with Crippen molar-refractivity contribution in [1.29, 1.82) is 0 Å². The van der Waals surface area contributed by atoms with Crippen LogP contribution in [0.3, 0.4) is 0 Å². The van der Waals surface area contributed by atoms with Crippen LogP contribution in [0, 0.1) is 5.92 Å². The van der Waals surface area contributed by atoms with Crippen LogP contribution in [0.15, 0.2) is 0 Å². The first kappa shape index (κ1) is 12.3. The van der Waals surface area contributed by atoms with Crippen molar-refractivity contribution in [3.05, 3.63) is 0 Å². The summed E-state index contributed by atoms with van der Waals surface area (Å²) in [5.74, 6) is 0.619. The van der Waals surface area contributed by atoms with E-state index in [1.807, 2.05) is 0 Å². The van der Waals surface area contributed by atoms with E-state index in [0.717, 1.165) is 38.8 Å². The van der Waals surface area contributed by atoms with Gasteiger partial charge in [-0.1, -0.05) is 26.2 Å². The van der Waals surface area contributed by atoms with Gasteiger partial charge in [0.05, 0.1) is 18.3 Å². The number of hydrogen-bond donors (Lipinski definition) is 2. The van der Waals surface area contributed by atoms with Gasteiger partial charge in [0.25, 0.3) is 0 Å². The van der Waals surface area contributed by atoms with Crippen LogP contribution in [0.25, 0.3) is 0 Å². The first-order valence-corrected chi connectivity index (χ1v) is 6.74. The number of aliphatic hydroxyl groups is 1. The highest BCUT2D eigenvalue weighted by molar-refractivity contribution is 4.84. The summed E-state index contributed by atoms with van der Waals surface area (Å²) in [6.07, 6.45) is 6.88. The van der Waals surface area contributed by atoms with E-state index in [2.05, 4.69) is 12.2 Å². The smallest absolute Gasteiger partial charge is 0.0880 e. The second kappa shape index (κ2) is 5.48. The lowest BCUT2D eigenvalue weighted by Crippen LogP contribution is -2.45. The van der Waals surface area contributed by atoms with Gasteiger partial charge >= 0.3 is 0 Å². The van der Waals surface area contributed by atoms with Gasteiger partial charge in [-0.15, -0.1) is 0 Å². The van der Waals surface area contributed by atoms with Crippen LogP contribution >= 0.6 is 0 Å². The van der Waals surface area contributed by atoms with E-state index in [4.69, 9.17) is 4.74 Å². The van der Waals surface area contributed by atoms with Gasteiger partial charge in [0.2, 0.25) is 0 Å². The van der Waals surface area contributed by atoms with Gasteiger partial charge in [0.1, 0.15) is 0 Å². The predicted octanol–water partition coefficient (Wildman–Crippen LogP) is 1.70. The minimum Gasteiger partial charge on any atom is -0.387 e. The van der Waals surface area contributed by atoms with Gasteiger partial charge in [-0.05, 0) is 31.7 Å². The van der Waals surface area contributed by atoms with Crippen molar-refractivity contribution in [3.63, 3.8) is 0 Å². The summed E-state index contributed by atoms with van der Waals surface area (Å²) < 4.78 is 5.93. The largest absolute Gasteiger partial charge is 0.387 e. The quantitative estimate of drug-likeness (QED) is 0.771. The molecule has 1 aliphatic carbocycles. The van der Waals surface area contributed by atoms with E-state index in [9.17, 15) is 5.11 Å². The SMILES string of the molecule is CC1CCNCC1OCC1(O)CCCCC1. The van der Waals surface area contributed by atoms with Crippen LogP contribution in [-0.2, 0) is 4.74 Å². The Kier molecular flexibility index (Phi) is 4.22. The number of ether oxygens (including phenoxy) is 1. The molecule has 2 unspecified atom stereocenters. The van der Waals surface area contributed by atoms with E-state index < -0.39 is 5.60 Å². The summed E-state index contributed by atoms with van der Waals surface area (Å²) in [4.78, 5) is 0. The average Bonchev–Trinajstić information content (AvgIpc) is 2.29. The highest BCUT2D eigenvalue weighted by Crippen LogP contribution is 2.29. The van der Waals surface area contributed by atoms with Crippen LogP contribution < -0.4 is 5.32 Å². The summed E-state index contributed by atoms with van der Waals surface area (Å²) in [7, 11) is 0. The third-order valence-corrected chi connectivity index (χ3v) is 4.11. The molecule has 1 heterocycles. The molecule has 0 spiro atoms. The van der Waals surface area contributed by atoms with Gasteiger partial charge in [0.15, 0.2) is 0 Å². The van der Waals surface area contributed by atoms with Crippen LogP contribution in [0.4, 0.5) is 0 Å². The zero-order valence-electron chi connectivity index (χ0n) is 10.4. The molecular weight excluding hydrogens is 202 g/mol. The minimum absolute atomic E-state index is 0.291. The molecule has 0 radical (unpaired) electrons. The zero-order valence-corrected chi connectivity index (χ0v) is 10.4. The van der Waals surface area contributed by atoms with Crippen molar-refractivity contribution in [1.82, 2.24) is 5.32 Å². The molecule has 2 fully saturated rings. The summed E-state index contributed by atoms with van der Waals surface area (Å²) in [6, 6.07) is 0. The molecule has 2 aliphatic rings. The van der Waals surface area contributed by atoms with Gasteiger partial charge in [-0.25, -0.2) is 0 Å². The Bertz CT molecular complexity index is 214. The molecule has 1 saturated carbocycles. The van der Waals surface area contributed by atoms with Crippen molar-refractivity contribution >= 4 is 0 Å². The molecule has 3 heteroatoms. The number of nitrogens with one attached hydrogen (secondary N) is 1. The fourth-order valence-electron chi connectivity index (χ4n) is 2.80. The van der Waals surface area contributed by atoms with Crippen LogP contribution in [0.5, 0.6) is 0 Å². The molecule has 2 rings (SSSR count). The van der Waals surface area contributed by atoms with E-state index in [0.29, 0.717) is 18.6 Å². The van der Waals surface area contributed by atoms with Crippen molar-refractivity contribution in [3.8, 4) is 0 Å². The number of hydrogen-bond acceptors (Lipinski definition) is 3. The highest BCUT2D eigenvalue weighted by atomic mass is 16.5. The van der Waals surface area contributed by atoms with Gasteiger partial charge < -0.3 is 15.2 Å². The number of rotatable bonds is 3. The fourth-order valence-corrected chi connectivity index (χ4v) is 2.80.